The standard InChI is InChI=1S/C25H31NO3S/c1-25(2,3)22-17-29-24(26-22)20-15-10-16-21(23(20)18-11-6-4-7-12-18)30(27,28)19-13-8-5-9-14-19/h4-9,11-14,20-23H,10,15-17H2,1-3H3/t20-,21-,22+,23-/m0/s1. The van der Waals surface area contributed by atoms with Gasteiger partial charge in [0.15, 0.2) is 15.7 Å². The fourth-order valence-electron chi connectivity index (χ4n) is 4.73. The van der Waals surface area contributed by atoms with Crippen LogP contribution in [0.2, 0.25) is 0 Å². The average molecular weight is 426 g/mol. The minimum absolute atomic E-state index is 0.0167. The molecule has 0 N–H and O–H groups in total. The number of hydrogen-bond acceptors (Lipinski definition) is 4. The molecule has 30 heavy (non-hydrogen) atoms. The first-order chi connectivity index (χ1) is 14.3. The molecule has 160 valence electrons. The summed E-state index contributed by atoms with van der Waals surface area (Å²) >= 11 is 0. The maximum Gasteiger partial charge on any atom is 0.187 e. The number of aliphatic imine (C=N–C) groups is 1. The summed E-state index contributed by atoms with van der Waals surface area (Å²) in [4.78, 5) is 5.35. The minimum atomic E-state index is -3.47. The van der Waals surface area contributed by atoms with Gasteiger partial charge in [-0.05, 0) is 36.0 Å². The summed E-state index contributed by atoms with van der Waals surface area (Å²) in [6, 6.07) is 19.0. The molecule has 0 unspecified atom stereocenters. The molecule has 4 nitrogen and oxygen atoms in total. The van der Waals surface area contributed by atoms with Gasteiger partial charge in [0.1, 0.15) is 6.61 Å². The van der Waals surface area contributed by atoms with E-state index in [-0.39, 0.29) is 23.3 Å². The van der Waals surface area contributed by atoms with Crippen molar-refractivity contribution in [2.75, 3.05) is 6.61 Å². The molecule has 1 heterocycles. The average Bonchev–Trinajstić information content (AvgIpc) is 3.25. The van der Waals surface area contributed by atoms with E-state index in [1.165, 1.54) is 0 Å². The number of hydrogen-bond donors (Lipinski definition) is 0. The van der Waals surface area contributed by atoms with Gasteiger partial charge in [-0.25, -0.2) is 13.4 Å². The Hall–Kier alpha value is -2.14. The van der Waals surface area contributed by atoms with Crippen molar-refractivity contribution in [3.63, 3.8) is 0 Å². The number of sulfone groups is 1. The zero-order valence-corrected chi connectivity index (χ0v) is 18.8. The highest BCUT2D eigenvalue weighted by atomic mass is 32.2. The van der Waals surface area contributed by atoms with E-state index < -0.39 is 15.1 Å². The molecular formula is C25H31NO3S. The fourth-order valence-corrected chi connectivity index (χ4v) is 6.82. The third-order valence-corrected chi connectivity index (χ3v) is 8.74. The molecule has 2 aliphatic rings. The molecule has 1 aliphatic heterocycles. The van der Waals surface area contributed by atoms with E-state index in [0.29, 0.717) is 17.9 Å². The van der Waals surface area contributed by atoms with Gasteiger partial charge < -0.3 is 4.74 Å². The van der Waals surface area contributed by atoms with Crippen LogP contribution in [0.25, 0.3) is 0 Å². The topological polar surface area (TPSA) is 55.7 Å². The highest BCUT2D eigenvalue weighted by Crippen LogP contribution is 2.45. The fraction of sp³-hybridized carbons (Fsp3) is 0.480. The van der Waals surface area contributed by atoms with E-state index in [1.807, 2.05) is 36.4 Å². The zero-order valence-electron chi connectivity index (χ0n) is 18.0. The summed E-state index contributed by atoms with van der Waals surface area (Å²) in [5.74, 6) is 0.566. The van der Waals surface area contributed by atoms with E-state index in [0.717, 1.165) is 24.3 Å². The van der Waals surface area contributed by atoms with Crippen LogP contribution in [0, 0.1) is 11.3 Å². The summed E-state index contributed by atoms with van der Waals surface area (Å²) in [5, 5.41) is -0.485. The molecule has 2 aromatic carbocycles. The molecule has 1 aliphatic carbocycles. The molecule has 1 fully saturated rings. The first-order valence-electron chi connectivity index (χ1n) is 10.8. The molecule has 0 bridgehead atoms. The van der Waals surface area contributed by atoms with Gasteiger partial charge in [-0.1, -0.05) is 75.7 Å². The van der Waals surface area contributed by atoms with Crippen molar-refractivity contribution in [1.82, 2.24) is 0 Å². The lowest BCUT2D eigenvalue weighted by Crippen LogP contribution is -2.40. The van der Waals surface area contributed by atoms with Gasteiger partial charge in [0.2, 0.25) is 0 Å². The molecule has 4 atom stereocenters. The van der Waals surface area contributed by atoms with Gasteiger partial charge in [-0.3, -0.25) is 0 Å². The highest BCUT2D eigenvalue weighted by molar-refractivity contribution is 7.92. The van der Waals surface area contributed by atoms with Crippen LogP contribution in [-0.4, -0.2) is 32.2 Å². The predicted molar refractivity (Wildman–Crippen MR) is 121 cm³/mol. The van der Waals surface area contributed by atoms with Crippen molar-refractivity contribution in [2.45, 2.75) is 62.1 Å². The van der Waals surface area contributed by atoms with E-state index in [2.05, 4.69) is 20.8 Å². The highest BCUT2D eigenvalue weighted by Gasteiger charge is 2.46. The number of rotatable bonds is 4. The summed E-state index contributed by atoms with van der Waals surface area (Å²) in [5.41, 5.74) is 1.07. The Labute approximate surface area is 180 Å². The largest absolute Gasteiger partial charge is 0.478 e. The third-order valence-electron chi connectivity index (χ3n) is 6.48. The maximum atomic E-state index is 13.7. The van der Waals surface area contributed by atoms with Crippen molar-refractivity contribution in [2.24, 2.45) is 16.3 Å². The zero-order chi connectivity index (χ0) is 21.4. The second-order valence-corrected chi connectivity index (χ2v) is 11.7. The lowest BCUT2D eigenvalue weighted by Gasteiger charge is -2.37. The van der Waals surface area contributed by atoms with Gasteiger partial charge in [0.05, 0.1) is 16.2 Å². The molecule has 0 saturated heterocycles. The van der Waals surface area contributed by atoms with Crippen molar-refractivity contribution in [3.8, 4) is 0 Å². The lowest BCUT2D eigenvalue weighted by atomic mass is 9.75. The van der Waals surface area contributed by atoms with E-state index in [9.17, 15) is 8.42 Å². The van der Waals surface area contributed by atoms with Crippen LogP contribution in [0.5, 0.6) is 0 Å². The van der Waals surface area contributed by atoms with Crippen molar-refractivity contribution in [1.29, 1.82) is 0 Å². The van der Waals surface area contributed by atoms with Crippen LogP contribution in [0.4, 0.5) is 0 Å². The number of nitrogens with zero attached hydrogens (tertiary/aromatic N) is 1. The molecule has 0 amide bonds. The molecule has 0 spiro atoms. The number of benzene rings is 2. The van der Waals surface area contributed by atoms with Gasteiger partial charge in [-0.2, -0.15) is 0 Å². The third kappa shape index (κ3) is 4.04. The van der Waals surface area contributed by atoms with Crippen LogP contribution >= 0.6 is 0 Å². The van der Waals surface area contributed by atoms with Gasteiger partial charge in [-0.15, -0.1) is 0 Å². The number of ether oxygens (including phenoxy) is 1. The monoisotopic (exact) mass is 425 g/mol. The first kappa shape index (κ1) is 21.1. The van der Waals surface area contributed by atoms with Crippen LogP contribution in [-0.2, 0) is 14.6 Å². The predicted octanol–water partition coefficient (Wildman–Crippen LogP) is 5.26. The SMILES string of the molecule is CC(C)(C)[C@H]1COC([C@H]2CCC[C@H](S(=O)(=O)c3ccccc3)[C@H]2c2ccccc2)=N1. The van der Waals surface area contributed by atoms with Crippen LogP contribution in [0.1, 0.15) is 51.5 Å². The van der Waals surface area contributed by atoms with Crippen molar-refractivity contribution in [3.05, 3.63) is 66.2 Å². The van der Waals surface area contributed by atoms with E-state index >= 15 is 0 Å². The summed E-state index contributed by atoms with van der Waals surface area (Å²) in [6.45, 7) is 7.09. The molecule has 0 aromatic heterocycles. The molecular weight excluding hydrogens is 394 g/mol. The first-order valence-corrected chi connectivity index (χ1v) is 12.4. The summed E-state index contributed by atoms with van der Waals surface area (Å²) in [7, 11) is -3.47. The Morgan fingerprint density at radius 1 is 0.933 bits per heavy atom. The summed E-state index contributed by atoms with van der Waals surface area (Å²) in [6.07, 6.45) is 2.41. The Bertz CT molecular complexity index is 994. The summed E-state index contributed by atoms with van der Waals surface area (Å²) < 4.78 is 33.5. The Morgan fingerprint density at radius 3 is 2.17 bits per heavy atom. The van der Waals surface area contributed by atoms with E-state index in [4.69, 9.17) is 9.73 Å². The Kier molecular flexibility index (Phi) is 5.75. The van der Waals surface area contributed by atoms with Crippen LogP contribution in [0.3, 0.4) is 0 Å². The normalized spacial score (nSPS) is 27.4. The van der Waals surface area contributed by atoms with E-state index in [1.54, 1.807) is 24.3 Å². The van der Waals surface area contributed by atoms with Crippen molar-refractivity contribution >= 4 is 15.7 Å². The molecule has 4 rings (SSSR count). The van der Waals surface area contributed by atoms with Crippen LogP contribution < -0.4 is 0 Å². The second-order valence-electron chi connectivity index (χ2n) is 9.53. The molecule has 0 radical (unpaired) electrons. The van der Waals surface area contributed by atoms with Gasteiger partial charge >= 0.3 is 0 Å². The molecule has 2 aromatic rings. The second kappa shape index (κ2) is 8.18. The minimum Gasteiger partial charge on any atom is -0.478 e. The smallest absolute Gasteiger partial charge is 0.187 e. The van der Waals surface area contributed by atoms with Gasteiger partial charge in [0, 0.05) is 11.8 Å². The maximum absolute atomic E-state index is 13.7. The quantitative estimate of drug-likeness (QED) is 0.672. The lowest BCUT2D eigenvalue weighted by molar-refractivity contribution is 0.221. The Morgan fingerprint density at radius 2 is 1.57 bits per heavy atom. The molecule has 5 heteroatoms. The van der Waals surface area contributed by atoms with Crippen molar-refractivity contribution < 1.29 is 13.2 Å². The van der Waals surface area contributed by atoms with Gasteiger partial charge in [0.25, 0.3) is 0 Å². The Balaban J connectivity index is 1.76. The van der Waals surface area contributed by atoms with Crippen LogP contribution in [0.15, 0.2) is 70.6 Å². The molecule has 1 saturated carbocycles.